The Labute approximate surface area is 102 Å². The van der Waals surface area contributed by atoms with E-state index in [1.54, 1.807) is 11.6 Å². The first-order chi connectivity index (χ1) is 7.91. The summed E-state index contributed by atoms with van der Waals surface area (Å²) in [7, 11) is 1.90. The molecule has 1 rings (SSSR count). The number of aryl methyl sites for hydroxylation is 1. The number of aliphatic hydroxyl groups excluding tert-OH is 2. The van der Waals surface area contributed by atoms with E-state index in [9.17, 15) is 10.2 Å². The molecule has 0 bridgehead atoms. The number of aliphatic hydroxyl groups is 2. The Bertz CT molecular complexity index is 357. The second-order valence-electron chi connectivity index (χ2n) is 5.10. The van der Waals surface area contributed by atoms with E-state index < -0.39 is 5.54 Å². The Morgan fingerprint density at radius 3 is 2.47 bits per heavy atom. The maximum atomic E-state index is 9.20. The van der Waals surface area contributed by atoms with Crippen LogP contribution < -0.4 is 5.32 Å². The largest absolute Gasteiger partial charge is 0.394 e. The molecule has 0 radical (unpaired) electrons. The van der Waals surface area contributed by atoms with E-state index in [2.05, 4.69) is 24.3 Å². The predicted octanol–water partition coefficient (Wildman–Crippen LogP) is 0.376. The summed E-state index contributed by atoms with van der Waals surface area (Å²) in [6.07, 6.45) is 1.97. The van der Waals surface area contributed by atoms with Crippen LogP contribution in [-0.4, -0.2) is 38.7 Å². The lowest BCUT2D eigenvalue weighted by Gasteiger charge is -2.26. The van der Waals surface area contributed by atoms with E-state index in [-0.39, 0.29) is 13.2 Å². The van der Waals surface area contributed by atoms with Gasteiger partial charge in [-0.1, -0.05) is 13.8 Å². The van der Waals surface area contributed by atoms with Crippen molar-refractivity contribution in [3.05, 3.63) is 17.5 Å². The Morgan fingerprint density at radius 1 is 1.41 bits per heavy atom. The van der Waals surface area contributed by atoms with Crippen molar-refractivity contribution < 1.29 is 10.2 Å². The smallest absolute Gasteiger partial charge is 0.0694 e. The van der Waals surface area contributed by atoms with Gasteiger partial charge >= 0.3 is 0 Å². The average Bonchev–Trinajstić information content (AvgIpc) is 2.68. The molecule has 98 valence electrons. The van der Waals surface area contributed by atoms with Crippen LogP contribution in [-0.2, 0) is 13.6 Å². The predicted molar refractivity (Wildman–Crippen MR) is 66.7 cm³/mol. The summed E-state index contributed by atoms with van der Waals surface area (Å²) in [6.45, 7) is 6.39. The van der Waals surface area contributed by atoms with E-state index in [0.717, 1.165) is 11.3 Å². The summed E-state index contributed by atoms with van der Waals surface area (Å²) in [4.78, 5) is 0. The zero-order valence-electron chi connectivity index (χ0n) is 11.1. The minimum atomic E-state index is -0.649. The van der Waals surface area contributed by atoms with E-state index in [1.165, 1.54) is 0 Å². The molecule has 0 saturated heterocycles. The highest BCUT2D eigenvalue weighted by molar-refractivity contribution is 5.20. The second-order valence-corrected chi connectivity index (χ2v) is 5.10. The minimum absolute atomic E-state index is 0.0965. The van der Waals surface area contributed by atoms with Crippen molar-refractivity contribution >= 4 is 0 Å². The monoisotopic (exact) mass is 241 g/mol. The highest BCUT2D eigenvalue weighted by atomic mass is 16.3. The molecule has 0 unspecified atom stereocenters. The molecule has 0 aliphatic carbocycles. The second kappa shape index (κ2) is 5.62. The van der Waals surface area contributed by atoms with Crippen LogP contribution in [0.4, 0.5) is 0 Å². The third-order valence-corrected chi connectivity index (χ3v) is 2.89. The van der Waals surface area contributed by atoms with Gasteiger partial charge in [-0.05, 0) is 12.8 Å². The van der Waals surface area contributed by atoms with Crippen molar-refractivity contribution in [1.29, 1.82) is 0 Å². The van der Waals surface area contributed by atoms with Gasteiger partial charge in [0.1, 0.15) is 0 Å². The standard InChI is InChI=1S/C12H23N3O2/c1-9(2)11-10(6-15(4)14-11)5-13-12(3,7-16)8-17/h6,9,13,16-17H,5,7-8H2,1-4H3. The average molecular weight is 241 g/mol. The zero-order valence-corrected chi connectivity index (χ0v) is 11.1. The SMILES string of the molecule is CC(C)c1nn(C)cc1CNC(C)(CO)CO. The van der Waals surface area contributed by atoms with Gasteiger partial charge in [0.25, 0.3) is 0 Å². The molecule has 0 aromatic carbocycles. The summed E-state index contributed by atoms with van der Waals surface area (Å²) in [6, 6.07) is 0. The molecule has 0 aliphatic rings. The molecule has 0 amide bonds. The highest BCUT2D eigenvalue weighted by Gasteiger charge is 2.22. The van der Waals surface area contributed by atoms with Crippen LogP contribution in [0.1, 0.15) is 37.9 Å². The third kappa shape index (κ3) is 3.52. The molecular weight excluding hydrogens is 218 g/mol. The van der Waals surface area contributed by atoms with E-state index in [4.69, 9.17) is 0 Å². The molecule has 3 N–H and O–H groups in total. The van der Waals surface area contributed by atoms with Crippen LogP contribution in [0.25, 0.3) is 0 Å². The lowest BCUT2D eigenvalue weighted by Crippen LogP contribution is -2.48. The molecule has 0 saturated carbocycles. The Balaban J connectivity index is 2.75. The van der Waals surface area contributed by atoms with Crippen LogP contribution in [0.5, 0.6) is 0 Å². The lowest BCUT2D eigenvalue weighted by molar-refractivity contribution is 0.103. The zero-order chi connectivity index (χ0) is 13.1. The minimum Gasteiger partial charge on any atom is -0.394 e. The van der Waals surface area contributed by atoms with Crippen LogP contribution in [0, 0.1) is 0 Å². The Kier molecular flexibility index (Phi) is 4.68. The number of aromatic nitrogens is 2. The molecule has 0 aliphatic heterocycles. The van der Waals surface area contributed by atoms with Crippen molar-refractivity contribution in [3.63, 3.8) is 0 Å². The van der Waals surface area contributed by atoms with Crippen molar-refractivity contribution in [2.24, 2.45) is 7.05 Å². The fraction of sp³-hybridized carbons (Fsp3) is 0.750. The summed E-state index contributed by atoms with van der Waals surface area (Å²) in [5.41, 5.74) is 1.51. The molecule has 17 heavy (non-hydrogen) atoms. The first kappa shape index (κ1) is 14.2. The van der Waals surface area contributed by atoms with Gasteiger partial charge in [-0.2, -0.15) is 5.10 Å². The number of nitrogens with one attached hydrogen (secondary N) is 1. The van der Waals surface area contributed by atoms with Gasteiger partial charge < -0.3 is 15.5 Å². The fourth-order valence-electron chi connectivity index (χ4n) is 1.65. The summed E-state index contributed by atoms with van der Waals surface area (Å²) in [5.74, 6) is 0.363. The number of rotatable bonds is 6. The molecular formula is C12H23N3O2. The third-order valence-electron chi connectivity index (χ3n) is 2.89. The summed E-state index contributed by atoms with van der Waals surface area (Å²) in [5, 5.41) is 26.0. The molecule has 0 atom stereocenters. The van der Waals surface area contributed by atoms with Gasteiger partial charge in [-0.3, -0.25) is 4.68 Å². The topological polar surface area (TPSA) is 70.3 Å². The maximum Gasteiger partial charge on any atom is 0.0694 e. The molecule has 5 nitrogen and oxygen atoms in total. The van der Waals surface area contributed by atoms with Gasteiger partial charge in [0.05, 0.1) is 24.4 Å². The Hall–Kier alpha value is -0.910. The number of nitrogens with zero attached hydrogens (tertiary/aromatic N) is 2. The van der Waals surface area contributed by atoms with Crippen molar-refractivity contribution in [3.8, 4) is 0 Å². The summed E-state index contributed by atoms with van der Waals surface area (Å²) < 4.78 is 1.79. The van der Waals surface area contributed by atoms with Gasteiger partial charge in [-0.25, -0.2) is 0 Å². The van der Waals surface area contributed by atoms with E-state index in [0.29, 0.717) is 12.5 Å². The van der Waals surface area contributed by atoms with Gasteiger partial charge in [0.15, 0.2) is 0 Å². The van der Waals surface area contributed by atoms with Gasteiger partial charge in [-0.15, -0.1) is 0 Å². The molecule has 1 heterocycles. The molecule has 5 heteroatoms. The highest BCUT2D eigenvalue weighted by Crippen LogP contribution is 2.17. The first-order valence-corrected chi connectivity index (χ1v) is 5.91. The van der Waals surface area contributed by atoms with Crippen molar-refractivity contribution in [2.45, 2.75) is 38.8 Å². The normalized spacial score (nSPS) is 12.4. The van der Waals surface area contributed by atoms with E-state index in [1.807, 2.05) is 13.2 Å². The van der Waals surface area contributed by atoms with Crippen LogP contribution in [0.3, 0.4) is 0 Å². The van der Waals surface area contributed by atoms with Crippen LogP contribution >= 0.6 is 0 Å². The van der Waals surface area contributed by atoms with Crippen molar-refractivity contribution in [2.75, 3.05) is 13.2 Å². The molecule has 1 aromatic heterocycles. The van der Waals surface area contributed by atoms with E-state index >= 15 is 0 Å². The van der Waals surface area contributed by atoms with Gasteiger partial charge in [0.2, 0.25) is 0 Å². The lowest BCUT2D eigenvalue weighted by atomic mass is 10.0. The quantitative estimate of drug-likeness (QED) is 0.673. The Morgan fingerprint density at radius 2 is 2.00 bits per heavy atom. The van der Waals surface area contributed by atoms with Crippen LogP contribution in [0.2, 0.25) is 0 Å². The molecule has 0 fully saturated rings. The molecule has 0 spiro atoms. The van der Waals surface area contributed by atoms with Crippen LogP contribution in [0.15, 0.2) is 6.20 Å². The molecule has 1 aromatic rings. The van der Waals surface area contributed by atoms with Gasteiger partial charge in [0, 0.05) is 25.4 Å². The number of hydrogen-bond donors (Lipinski definition) is 3. The number of hydrogen-bond acceptors (Lipinski definition) is 4. The fourth-order valence-corrected chi connectivity index (χ4v) is 1.65. The first-order valence-electron chi connectivity index (χ1n) is 5.91. The summed E-state index contributed by atoms with van der Waals surface area (Å²) >= 11 is 0. The maximum absolute atomic E-state index is 9.20. The van der Waals surface area contributed by atoms with Crippen molar-refractivity contribution in [1.82, 2.24) is 15.1 Å².